The first-order valence-electron chi connectivity index (χ1n) is 6.42. The molecule has 20 heavy (non-hydrogen) atoms. The normalized spacial score (nSPS) is 15.4. The summed E-state index contributed by atoms with van der Waals surface area (Å²) in [5, 5.41) is 8.28. The van der Waals surface area contributed by atoms with Crippen LogP contribution < -0.4 is 0 Å². The highest BCUT2D eigenvalue weighted by atomic mass is 32.2. The van der Waals surface area contributed by atoms with Crippen LogP contribution in [-0.2, 0) is 0 Å². The van der Waals surface area contributed by atoms with Gasteiger partial charge in [0.05, 0.1) is 10.6 Å². The van der Waals surface area contributed by atoms with Gasteiger partial charge in [0.2, 0.25) is 5.89 Å². The van der Waals surface area contributed by atoms with Crippen molar-refractivity contribution in [3.63, 3.8) is 0 Å². The van der Waals surface area contributed by atoms with Crippen LogP contribution in [0.3, 0.4) is 0 Å². The zero-order chi connectivity index (χ0) is 14.1. The van der Waals surface area contributed by atoms with E-state index >= 15 is 0 Å². The van der Waals surface area contributed by atoms with Crippen LogP contribution in [0, 0.1) is 6.92 Å². The maximum atomic E-state index is 5.78. The van der Waals surface area contributed by atoms with Crippen molar-refractivity contribution in [2.24, 2.45) is 4.99 Å². The zero-order valence-corrected chi connectivity index (χ0v) is 12.5. The summed E-state index contributed by atoms with van der Waals surface area (Å²) in [7, 11) is 0. The largest absolute Gasteiger partial charge is 0.416 e. The summed E-state index contributed by atoms with van der Waals surface area (Å²) in [5.41, 5.74) is 4.21. The van der Waals surface area contributed by atoms with E-state index in [9.17, 15) is 0 Å². The lowest BCUT2D eigenvalue weighted by atomic mass is 10.1. The molecule has 0 N–H and O–H groups in total. The lowest BCUT2D eigenvalue weighted by Gasteiger charge is -2.11. The van der Waals surface area contributed by atoms with Crippen molar-refractivity contribution in [2.75, 3.05) is 5.75 Å². The van der Waals surface area contributed by atoms with Gasteiger partial charge in [0, 0.05) is 17.0 Å². The number of rotatable bonds is 2. The van der Waals surface area contributed by atoms with E-state index in [1.807, 2.05) is 38.1 Å². The second-order valence-electron chi connectivity index (χ2n) is 4.83. The van der Waals surface area contributed by atoms with Crippen LogP contribution in [0.1, 0.15) is 25.3 Å². The molecule has 0 fully saturated rings. The number of hydrogen-bond donors (Lipinski definition) is 0. The van der Waals surface area contributed by atoms with Crippen molar-refractivity contribution < 1.29 is 4.42 Å². The molecule has 1 aliphatic heterocycles. The predicted molar refractivity (Wildman–Crippen MR) is 82.6 cm³/mol. The standard InChI is InChI=1S/C15H15N3OS/c1-9-4-6-12(7-5-9)14-17-18-15(19-14)13-11(3)16-10(2)8-20-13/h4-7H,8H2,1-3H3. The molecule has 2 heterocycles. The van der Waals surface area contributed by atoms with Gasteiger partial charge in [-0.1, -0.05) is 17.7 Å². The highest BCUT2D eigenvalue weighted by molar-refractivity contribution is 8.09. The van der Waals surface area contributed by atoms with E-state index in [1.54, 1.807) is 11.8 Å². The molecule has 0 amide bonds. The van der Waals surface area contributed by atoms with Gasteiger partial charge in [0.25, 0.3) is 5.89 Å². The number of allylic oxidation sites excluding steroid dienone is 1. The molecule has 1 aromatic heterocycles. The lowest BCUT2D eigenvalue weighted by molar-refractivity contribution is 0.555. The molecule has 0 saturated heterocycles. The predicted octanol–water partition coefficient (Wildman–Crippen LogP) is 3.94. The number of aliphatic imine (C=N–C) groups is 1. The fourth-order valence-corrected chi connectivity index (χ4v) is 2.87. The summed E-state index contributed by atoms with van der Waals surface area (Å²) < 4.78 is 5.78. The summed E-state index contributed by atoms with van der Waals surface area (Å²) in [6.45, 7) is 6.05. The second kappa shape index (κ2) is 5.25. The third-order valence-electron chi connectivity index (χ3n) is 3.03. The minimum atomic E-state index is 0.548. The lowest BCUT2D eigenvalue weighted by Crippen LogP contribution is -2.02. The van der Waals surface area contributed by atoms with Crippen molar-refractivity contribution in [1.82, 2.24) is 10.2 Å². The first-order chi connectivity index (χ1) is 9.63. The monoisotopic (exact) mass is 285 g/mol. The van der Waals surface area contributed by atoms with Crippen molar-refractivity contribution in [3.05, 3.63) is 41.4 Å². The fraction of sp³-hybridized carbons (Fsp3) is 0.267. The van der Waals surface area contributed by atoms with E-state index in [4.69, 9.17) is 4.42 Å². The van der Waals surface area contributed by atoms with E-state index in [-0.39, 0.29) is 0 Å². The highest BCUT2D eigenvalue weighted by Gasteiger charge is 2.18. The molecular formula is C15H15N3OS. The Hall–Kier alpha value is -1.88. The van der Waals surface area contributed by atoms with Gasteiger partial charge in [0.15, 0.2) is 0 Å². The minimum absolute atomic E-state index is 0.548. The molecule has 0 aliphatic carbocycles. The average molecular weight is 285 g/mol. The number of benzene rings is 1. The summed E-state index contributed by atoms with van der Waals surface area (Å²) in [6, 6.07) is 8.05. The first kappa shape index (κ1) is 13.1. The Kier molecular flexibility index (Phi) is 3.44. The quantitative estimate of drug-likeness (QED) is 0.838. The molecule has 3 rings (SSSR count). The molecular weight excluding hydrogens is 270 g/mol. The van der Waals surface area contributed by atoms with Gasteiger partial charge < -0.3 is 4.42 Å². The number of aryl methyl sites for hydroxylation is 1. The molecule has 0 unspecified atom stereocenters. The molecule has 1 aromatic carbocycles. The maximum absolute atomic E-state index is 5.78. The number of hydrogen-bond acceptors (Lipinski definition) is 5. The molecule has 0 bridgehead atoms. The van der Waals surface area contributed by atoms with Crippen LogP contribution in [0.5, 0.6) is 0 Å². The molecule has 1 aliphatic rings. The van der Waals surface area contributed by atoms with Crippen molar-refractivity contribution in [2.45, 2.75) is 20.8 Å². The van der Waals surface area contributed by atoms with E-state index in [2.05, 4.69) is 22.1 Å². The van der Waals surface area contributed by atoms with Gasteiger partial charge >= 0.3 is 0 Å². The molecule has 2 aromatic rings. The fourth-order valence-electron chi connectivity index (χ4n) is 1.99. The Labute approximate surface area is 122 Å². The molecule has 0 radical (unpaired) electrons. The van der Waals surface area contributed by atoms with Gasteiger partial charge in [-0.2, -0.15) is 0 Å². The SMILES string of the molecule is CC1=NC(C)=C(c2nnc(-c3ccc(C)cc3)o2)SC1. The molecule has 0 atom stereocenters. The minimum Gasteiger partial charge on any atom is -0.416 e. The first-order valence-corrected chi connectivity index (χ1v) is 7.41. The van der Waals surface area contributed by atoms with Gasteiger partial charge in [-0.3, -0.25) is 4.99 Å². The van der Waals surface area contributed by atoms with Gasteiger partial charge in [-0.15, -0.1) is 22.0 Å². The molecule has 5 heteroatoms. The van der Waals surface area contributed by atoms with Gasteiger partial charge in [-0.05, 0) is 32.9 Å². The molecule has 0 spiro atoms. The maximum Gasteiger partial charge on any atom is 0.256 e. The summed E-state index contributed by atoms with van der Waals surface area (Å²) >= 11 is 1.70. The third-order valence-corrected chi connectivity index (χ3v) is 4.35. The highest BCUT2D eigenvalue weighted by Crippen LogP contribution is 2.34. The Bertz CT molecular complexity index is 698. The van der Waals surface area contributed by atoms with Crippen LogP contribution >= 0.6 is 11.8 Å². The Morgan fingerprint density at radius 3 is 2.40 bits per heavy atom. The van der Waals surface area contributed by atoms with Crippen LogP contribution in [0.4, 0.5) is 0 Å². The molecule has 102 valence electrons. The van der Waals surface area contributed by atoms with E-state index in [0.717, 1.165) is 27.6 Å². The Morgan fingerprint density at radius 2 is 1.70 bits per heavy atom. The average Bonchev–Trinajstić information content (AvgIpc) is 2.89. The van der Waals surface area contributed by atoms with Gasteiger partial charge in [0.1, 0.15) is 0 Å². The summed E-state index contributed by atoms with van der Waals surface area (Å²) in [6.07, 6.45) is 0. The Balaban J connectivity index is 1.95. The topological polar surface area (TPSA) is 51.3 Å². The van der Waals surface area contributed by atoms with Crippen LogP contribution in [0.2, 0.25) is 0 Å². The molecule has 4 nitrogen and oxygen atoms in total. The van der Waals surface area contributed by atoms with E-state index in [0.29, 0.717) is 11.8 Å². The van der Waals surface area contributed by atoms with Crippen molar-refractivity contribution >= 4 is 22.4 Å². The molecule has 0 saturated carbocycles. The van der Waals surface area contributed by atoms with Crippen LogP contribution in [0.15, 0.2) is 39.4 Å². The third kappa shape index (κ3) is 2.54. The van der Waals surface area contributed by atoms with Crippen LogP contribution in [0.25, 0.3) is 16.4 Å². The van der Waals surface area contributed by atoms with E-state index < -0.39 is 0 Å². The zero-order valence-electron chi connectivity index (χ0n) is 11.7. The summed E-state index contributed by atoms with van der Waals surface area (Å²) in [4.78, 5) is 5.46. The van der Waals surface area contributed by atoms with Crippen molar-refractivity contribution in [3.8, 4) is 11.5 Å². The Morgan fingerprint density at radius 1 is 1.00 bits per heavy atom. The summed E-state index contributed by atoms with van der Waals surface area (Å²) in [5.74, 6) is 1.97. The number of aromatic nitrogens is 2. The van der Waals surface area contributed by atoms with Crippen LogP contribution in [-0.4, -0.2) is 21.7 Å². The van der Waals surface area contributed by atoms with Gasteiger partial charge in [-0.25, -0.2) is 0 Å². The second-order valence-corrected chi connectivity index (χ2v) is 5.81. The van der Waals surface area contributed by atoms with Crippen molar-refractivity contribution in [1.29, 1.82) is 0 Å². The number of nitrogens with zero attached hydrogens (tertiary/aromatic N) is 3. The number of thioether (sulfide) groups is 1. The smallest absolute Gasteiger partial charge is 0.256 e. The van der Waals surface area contributed by atoms with E-state index in [1.165, 1.54) is 5.56 Å².